The smallest absolute Gasteiger partial charge is 0.285 e. The van der Waals surface area contributed by atoms with Crippen LogP contribution in [0.4, 0.5) is 5.69 Å². The third-order valence-corrected chi connectivity index (χ3v) is 14.2. The molecule has 2 bridgehead atoms. The summed E-state index contributed by atoms with van der Waals surface area (Å²) in [4.78, 5) is 29.6. The van der Waals surface area contributed by atoms with Gasteiger partial charge < -0.3 is 19.1 Å². The molecule has 0 radical (unpaired) electrons. The molecule has 2 fully saturated rings. The molecule has 0 N–H and O–H groups in total. The Morgan fingerprint density at radius 2 is 2.02 bits per heavy atom. The summed E-state index contributed by atoms with van der Waals surface area (Å²) in [5.74, 6) is 0.892. The average molecular weight is 709 g/mol. The summed E-state index contributed by atoms with van der Waals surface area (Å²) in [6, 6.07) is 11.7. The summed E-state index contributed by atoms with van der Waals surface area (Å²) in [6.07, 6.45) is 11.4. The van der Waals surface area contributed by atoms with Crippen molar-refractivity contribution in [1.82, 2.24) is 0 Å². The van der Waals surface area contributed by atoms with Gasteiger partial charge in [-0.3, -0.25) is 9.59 Å². The van der Waals surface area contributed by atoms with Crippen LogP contribution in [-0.2, 0) is 35.8 Å². The van der Waals surface area contributed by atoms with Crippen LogP contribution >= 0.6 is 11.6 Å². The van der Waals surface area contributed by atoms with Crippen molar-refractivity contribution in [2.24, 2.45) is 28.0 Å². The number of fused-ring (bicyclic) bond motifs is 4. The highest BCUT2D eigenvalue weighted by molar-refractivity contribution is 7.94. The summed E-state index contributed by atoms with van der Waals surface area (Å²) in [7, 11) is 0.260. The molecule has 0 unspecified atom stereocenters. The highest BCUT2D eigenvalue weighted by Crippen LogP contribution is 2.47. The molecule has 1 amide bonds. The quantitative estimate of drug-likeness (QED) is 0.297. The maximum absolute atomic E-state index is 14.5. The second kappa shape index (κ2) is 14.1. The number of nitrogens with zero attached hydrogens (tertiary/aromatic N) is 2. The lowest BCUT2D eigenvalue weighted by atomic mass is 9.68. The largest absolute Gasteiger partial charge is 0.490 e. The first-order valence-electron chi connectivity index (χ1n) is 17.9. The Morgan fingerprint density at radius 1 is 1.16 bits per heavy atom. The van der Waals surface area contributed by atoms with Gasteiger partial charge in [-0.2, -0.15) is 4.36 Å². The van der Waals surface area contributed by atoms with Gasteiger partial charge in [-0.15, -0.1) is 0 Å². The Labute approximate surface area is 296 Å². The van der Waals surface area contributed by atoms with Crippen molar-refractivity contribution in [3.8, 4) is 5.75 Å². The molecule has 0 saturated heterocycles. The van der Waals surface area contributed by atoms with Crippen LogP contribution in [0.5, 0.6) is 5.75 Å². The summed E-state index contributed by atoms with van der Waals surface area (Å²) in [6.45, 7) is 4.09. The number of methoxy groups -OCH3 is 2. The minimum Gasteiger partial charge on any atom is -0.490 e. The number of rotatable bonds is 6. The number of benzene rings is 2. The topological polar surface area (TPSA) is 94.5 Å². The second-order valence-electron chi connectivity index (χ2n) is 15.3. The van der Waals surface area contributed by atoms with Crippen LogP contribution in [0.15, 0.2) is 52.9 Å². The van der Waals surface area contributed by atoms with E-state index in [1.807, 2.05) is 25.1 Å². The van der Waals surface area contributed by atoms with Gasteiger partial charge in [0.25, 0.3) is 5.91 Å². The summed E-state index contributed by atoms with van der Waals surface area (Å²) in [5, 5.41) is 0.751. The lowest BCUT2D eigenvalue weighted by Crippen LogP contribution is -2.49. The molecular weight excluding hydrogens is 660 g/mol. The molecule has 2 aromatic rings. The summed E-state index contributed by atoms with van der Waals surface area (Å²) in [5.41, 5.74) is 3.55. The van der Waals surface area contributed by atoms with Crippen molar-refractivity contribution in [3.63, 3.8) is 0 Å². The summed E-state index contributed by atoms with van der Waals surface area (Å²) < 4.78 is 37.0. The van der Waals surface area contributed by atoms with Crippen LogP contribution in [0.3, 0.4) is 0 Å². The third-order valence-electron chi connectivity index (χ3n) is 11.6. The molecule has 264 valence electrons. The molecule has 2 heterocycles. The van der Waals surface area contributed by atoms with Crippen LogP contribution in [0.2, 0.25) is 5.02 Å². The van der Waals surface area contributed by atoms with Gasteiger partial charge in [0.05, 0.1) is 40.0 Å². The Balaban J connectivity index is 1.27. The normalized spacial score (nSPS) is 34.8. The molecule has 2 aromatic carbocycles. The number of anilines is 1. The van der Waals surface area contributed by atoms with Gasteiger partial charge in [-0.25, -0.2) is 4.21 Å². The van der Waals surface area contributed by atoms with Crippen molar-refractivity contribution >= 4 is 38.7 Å². The maximum atomic E-state index is 14.5. The average Bonchev–Trinajstić information content (AvgIpc) is 3.83. The minimum absolute atomic E-state index is 0.0242. The molecular formula is C39H49ClN2O6S. The number of halogens is 1. The van der Waals surface area contributed by atoms with Crippen molar-refractivity contribution in [2.75, 3.05) is 50.3 Å². The molecule has 3 aliphatic carbocycles. The Kier molecular flexibility index (Phi) is 10.0. The van der Waals surface area contributed by atoms with Gasteiger partial charge in [0.15, 0.2) is 0 Å². The molecule has 7 rings (SSSR count). The SMILES string of the molecule is CO[C@H]1/C=C/C[C@H](C)C[S@@](=O)(CC(=O)C[C@@H]2C[C@@H]2OC)=NC(=O)c2ccc3c(c2)N(C[C@@H]2CC[C@H]21)C[C@@]1(CCCc2cc(Cl)ccc21)CO3. The van der Waals surface area contributed by atoms with E-state index in [4.69, 9.17) is 25.8 Å². The van der Waals surface area contributed by atoms with Gasteiger partial charge in [0.2, 0.25) is 0 Å². The fourth-order valence-corrected chi connectivity index (χ4v) is 11.3. The Morgan fingerprint density at radius 3 is 2.78 bits per heavy atom. The van der Waals surface area contributed by atoms with E-state index in [1.54, 1.807) is 20.3 Å². The molecule has 2 aliphatic heterocycles. The van der Waals surface area contributed by atoms with E-state index in [2.05, 4.69) is 33.5 Å². The Bertz CT molecular complexity index is 1750. The van der Waals surface area contributed by atoms with Crippen LogP contribution in [0.1, 0.15) is 73.4 Å². The number of ether oxygens (including phenoxy) is 3. The van der Waals surface area contributed by atoms with E-state index in [1.165, 1.54) is 11.1 Å². The highest BCUT2D eigenvalue weighted by Gasteiger charge is 2.44. The summed E-state index contributed by atoms with van der Waals surface area (Å²) >= 11 is 6.45. The van der Waals surface area contributed by atoms with Crippen LogP contribution in [0.25, 0.3) is 0 Å². The van der Waals surface area contributed by atoms with E-state index in [9.17, 15) is 13.8 Å². The van der Waals surface area contributed by atoms with Gasteiger partial charge in [-0.05, 0) is 110 Å². The molecule has 2 saturated carbocycles. The van der Waals surface area contributed by atoms with Crippen molar-refractivity contribution in [3.05, 3.63) is 70.3 Å². The number of carbonyl (C=O) groups is 2. The van der Waals surface area contributed by atoms with Gasteiger partial charge >= 0.3 is 0 Å². The molecule has 5 aliphatic rings. The number of hydrogen-bond acceptors (Lipinski definition) is 7. The van der Waals surface area contributed by atoms with Gasteiger partial charge in [-0.1, -0.05) is 36.7 Å². The number of Topliss-reactive ketones (excluding diaryl/α,β-unsaturated/α-hetero) is 1. The molecule has 8 atom stereocenters. The first kappa shape index (κ1) is 34.7. The van der Waals surface area contributed by atoms with Crippen LogP contribution in [0, 0.1) is 23.7 Å². The van der Waals surface area contributed by atoms with Gasteiger partial charge in [0, 0.05) is 55.5 Å². The molecule has 49 heavy (non-hydrogen) atoms. The van der Waals surface area contributed by atoms with E-state index >= 15 is 0 Å². The zero-order valence-corrected chi connectivity index (χ0v) is 30.5. The first-order valence-corrected chi connectivity index (χ1v) is 20.1. The maximum Gasteiger partial charge on any atom is 0.285 e. The lowest BCUT2D eigenvalue weighted by molar-refractivity contribution is -0.117. The third kappa shape index (κ3) is 7.37. The van der Waals surface area contributed by atoms with Gasteiger partial charge in [0.1, 0.15) is 11.5 Å². The Hall–Kier alpha value is -2.72. The van der Waals surface area contributed by atoms with E-state index in [-0.39, 0.29) is 46.7 Å². The van der Waals surface area contributed by atoms with E-state index in [0.717, 1.165) is 68.1 Å². The number of amides is 1. The lowest BCUT2D eigenvalue weighted by Gasteiger charge is -2.46. The monoisotopic (exact) mass is 708 g/mol. The zero-order valence-electron chi connectivity index (χ0n) is 28.9. The van der Waals surface area contributed by atoms with Crippen molar-refractivity contribution in [1.29, 1.82) is 0 Å². The number of carbonyl (C=O) groups excluding carboxylic acids is 2. The fourth-order valence-electron chi connectivity index (χ4n) is 8.80. The van der Waals surface area contributed by atoms with E-state index in [0.29, 0.717) is 36.8 Å². The molecule has 1 spiro atoms. The highest BCUT2D eigenvalue weighted by atomic mass is 35.5. The number of aryl methyl sites for hydroxylation is 1. The van der Waals surface area contributed by atoms with Crippen LogP contribution < -0.4 is 9.64 Å². The standard InChI is InChI=1S/C39H49ClN2O6S/c1-25-6-4-8-35(46-2)32-12-9-28(32)20-42-23-39(15-5-7-26-16-30(40)11-13-33(26)39)24-48-36-14-10-27(18-34(36)42)38(44)41-49(45,21-25)22-31(43)17-29-19-37(29)47-3/h4,8,10-11,13-14,16,18,25,28-29,32,35,37H,5-7,9,12,15,17,19-24H2,1-3H3/b8-4+/t25-,28-,29+,32+,35-,37-,39-,49+/m0/s1. The number of ketones is 1. The predicted octanol–water partition coefficient (Wildman–Crippen LogP) is 7.05. The predicted molar refractivity (Wildman–Crippen MR) is 193 cm³/mol. The number of hydrogen-bond donors (Lipinski definition) is 0. The van der Waals surface area contributed by atoms with Crippen LogP contribution in [-0.4, -0.2) is 73.5 Å². The van der Waals surface area contributed by atoms with E-state index < -0.39 is 15.6 Å². The minimum atomic E-state index is -3.17. The zero-order chi connectivity index (χ0) is 34.3. The molecule has 8 nitrogen and oxygen atoms in total. The number of allylic oxidation sites excluding steroid dienone is 1. The fraction of sp³-hybridized carbons (Fsp3) is 0.590. The molecule has 10 heteroatoms. The van der Waals surface area contributed by atoms with Crippen molar-refractivity contribution in [2.45, 2.75) is 75.9 Å². The molecule has 0 aromatic heterocycles. The second-order valence-corrected chi connectivity index (χ2v) is 18.0. The van der Waals surface area contributed by atoms with Crippen molar-refractivity contribution < 1.29 is 28.0 Å². The first-order chi connectivity index (χ1) is 23.6.